The third kappa shape index (κ3) is 2.21. The van der Waals surface area contributed by atoms with Crippen LogP contribution in [0, 0.1) is 0 Å². The van der Waals surface area contributed by atoms with Crippen LogP contribution in [0.5, 0.6) is 0 Å². The first-order chi connectivity index (χ1) is 1.91. The summed E-state index contributed by atoms with van der Waals surface area (Å²) in [5.74, 6) is 4.40. The predicted octanol–water partition coefficient (Wildman–Crippen LogP) is 0.0730. The van der Waals surface area contributed by atoms with Crippen molar-refractivity contribution >= 4 is 11.6 Å². The van der Waals surface area contributed by atoms with E-state index in [0.717, 1.165) is 0 Å². The number of rotatable bonds is 1. The van der Waals surface area contributed by atoms with E-state index >= 15 is 0 Å². The van der Waals surface area contributed by atoms with Crippen molar-refractivity contribution < 1.29 is 4.84 Å². The molecule has 0 spiro atoms. The highest BCUT2D eigenvalue weighted by molar-refractivity contribution is 6.17. The first kappa shape index (κ1) is 4.21. The molecule has 0 aliphatic rings. The van der Waals surface area contributed by atoms with Crippen molar-refractivity contribution in [3.05, 3.63) is 0 Å². The van der Waals surface area contributed by atoms with Crippen LogP contribution in [0.25, 0.3) is 0 Å². The second kappa shape index (κ2) is 3.21. The van der Waals surface area contributed by atoms with Crippen LogP contribution in [0.15, 0.2) is 0 Å². The van der Waals surface area contributed by atoms with Crippen LogP contribution in [-0.2, 0) is 4.84 Å². The number of hydrogen-bond donors (Lipinski definition) is 1. The van der Waals surface area contributed by atoms with E-state index in [0.29, 0.717) is 0 Å². The predicted molar refractivity (Wildman–Crippen MR) is 16.0 cm³/mol. The lowest BCUT2D eigenvalue weighted by Gasteiger charge is -1.73. The fourth-order valence-electron chi connectivity index (χ4n) is 0. The van der Waals surface area contributed by atoms with Crippen LogP contribution in [-0.4, -0.2) is 6.07 Å². The first-order valence-corrected chi connectivity index (χ1v) is 1.33. The van der Waals surface area contributed by atoms with Gasteiger partial charge in [0.1, 0.15) is 6.07 Å². The van der Waals surface area contributed by atoms with Gasteiger partial charge in [0, 0.05) is 0 Å². The van der Waals surface area contributed by atoms with Gasteiger partial charge < -0.3 is 0 Å². The summed E-state index contributed by atoms with van der Waals surface area (Å²) in [5.41, 5.74) is 0. The van der Waals surface area contributed by atoms with Crippen molar-refractivity contribution in [1.29, 1.82) is 0 Å². The molecule has 0 heterocycles. The Morgan fingerprint density at radius 1 is 2.00 bits per heavy atom. The van der Waals surface area contributed by atoms with E-state index in [9.17, 15) is 0 Å². The Hall–Kier alpha value is 0.210. The number of nitrogens with two attached hydrogens (primary N) is 1. The minimum atomic E-state index is 0.0694. The molecule has 2 nitrogen and oxygen atoms in total. The molecule has 3 heteroatoms. The standard InChI is InChI=1S/CH4ClNO/c2-1-4-3/h1,3H2. The molecular weight excluding hydrogens is 77.5 g/mol. The highest BCUT2D eigenvalue weighted by Gasteiger charge is 1.54. The molecule has 0 saturated heterocycles. The van der Waals surface area contributed by atoms with Crippen molar-refractivity contribution in [3.63, 3.8) is 0 Å². The Kier molecular flexibility index (Phi) is 3.38. The molecule has 0 unspecified atom stereocenters. The van der Waals surface area contributed by atoms with E-state index in [1.165, 1.54) is 0 Å². The number of halogens is 1. The monoisotopic (exact) mass is 81.0 g/mol. The van der Waals surface area contributed by atoms with Crippen molar-refractivity contribution in [2.45, 2.75) is 0 Å². The molecule has 0 rings (SSSR count). The average molecular weight is 81.5 g/mol. The van der Waals surface area contributed by atoms with Gasteiger partial charge in [-0.25, -0.2) is 5.90 Å². The minimum Gasteiger partial charge on any atom is -0.289 e. The summed E-state index contributed by atoms with van der Waals surface area (Å²) >= 11 is 4.84. The summed E-state index contributed by atoms with van der Waals surface area (Å²) in [7, 11) is 0. The maximum atomic E-state index is 4.84. The van der Waals surface area contributed by atoms with Crippen LogP contribution < -0.4 is 5.90 Å². The Bertz CT molecular complexity index is 10.0. The second-order valence-corrected chi connectivity index (χ2v) is 0.494. The van der Waals surface area contributed by atoms with Gasteiger partial charge >= 0.3 is 0 Å². The third-order valence-electron chi connectivity index (χ3n) is 0.0630. The quantitative estimate of drug-likeness (QED) is 0.358. The molecule has 0 fully saturated rings. The number of hydrogen-bond acceptors (Lipinski definition) is 2. The molecule has 0 bridgehead atoms. The van der Waals surface area contributed by atoms with Gasteiger partial charge in [-0.05, 0) is 0 Å². The van der Waals surface area contributed by atoms with Crippen molar-refractivity contribution in [3.8, 4) is 0 Å². The van der Waals surface area contributed by atoms with Crippen molar-refractivity contribution in [2.24, 2.45) is 5.90 Å². The lowest BCUT2D eigenvalue weighted by atomic mass is 11.7. The van der Waals surface area contributed by atoms with Gasteiger partial charge in [0.05, 0.1) is 0 Å². The molecule has 0 saturated carbocycles. The van der Waals surface area contributed by atoms with Gasteiger partial charge in [-0.1, -0.05) is 11.6 Å². The van der Waals surface area contributed by atoms with E-state index in [1.807, 2.05) is 0 Å². The van der Waals surface area contributed by atoms with Crippen LogP contribution in [0.1, 0.15) is 0 Å². The largest absolute Gasteiger partial charge is 0.289 e. The molecule has 0 aromatic carbocycles. The van der Waals surface area contributed by atoms with Crippen LogP contribution >= 0.6 is 11.6 Å². The van der Waals surface area contributed by atoms with E-state index < -0.39 is 0 Å². The maximum Gasteiger partial charge on any atom is 0.142 e. The van der Waals surface area contributed by atoms with Crippen molar-refractivity contribution in [2.75, 3.05) is 6.07 Å². The molecule has 0 atom stereocenters. The SMILES string of the molecule is NOCCl. The molecule has 4 heavy (non-hydrogen) atoms. The van der Waals surface area contributed by atoms with E-state index in [-0.39, 0.29) is 6.07 Å². The Morgan fingerprint density at radius 2 is 2.25 bits per heavy atom. The second-order valence-electron chi connectivity index (χ2n) is 0.276. The van der Waals surface area contributed by atoms with Crippen LogP contribution in [0.4, 0.5) is 0 Å². The molecular formula is CH4ClNO. The van der Waals surface area contributed by atoms with E-state index in [4.69, 9.17) is 11.6 Å². The fourth-order valence-corrected chi connectivity index (χ4v) is 0. The molecule has 26 valence electrons. The zero-order valence-electron chi connectivity index (χ0n) is 2.07. The third-order valence-corrected chi connectivity index (χ3v) is 0.189. The van der Waals surface area contributed by atoms with Gasteiger partial charge in [0.25, 0.3) is 0 Å². The maximum absolute atomic E-state index is 4.84. The molecule has 0 aromatic rings. The summed E-state index contributed by atoms with van der Waals surface area (Å²) in [6.45, 7) is 0. The summed E-state index contributed by atoms with van der Waals surface area (Å²) < 4.78 is 0. The molecule has 0 aliphatic heterocycles. The molecule has 0 aliphatic carbocycles. The van der Waals surface area contributed by atoms with E-state index in [2.05, 4.69) is 10.7 Å². The fraction of sp³-hybridized carbons (Fsp3) is 1.00. The lowest BCUT2D eigenvalue weighted by molar-refractivity contribution is 0.186. The van der Waals surface area contributed by atoms with E-state index in [1.54, 1.807) is 0 Å². The highest BCUT2D eigenvalue weighted by atomic mass is 35.5. The van der Waals surface area contributed by atoms with Gasteiger partial charge in [0.15, 0.2) is 0 Å². The first-order valence-electron chi connectivity index (χ1n) is 0.792. The molecule has 0 aromatic heterocycles. The topological polar surface area (TPSA) is 35.2 Å². The van der Waals surface area contributed by atoms with Gasteiger partial charge in [0.2, 0.25) is 0 Å². The van der Waals surface area contributed by atoms with Crippen molar-refractivity contribution in [1.82, 2.24) is 0 Å². The Balaban J connectivity index is 1.97. The number of alkyl halides is 1. The average Bonchev–Trinajstić information content (AvgIpc) is 1.37. The lowest BCUT2D eigenvalue weighted by Crippen LogP contribution is -1.92. The van der Waals surface area contributed by atoms with Gasteiger partial charge in [-0.2, -0.15) is 0 Å². The van der Waals surface area contributed by atoms with Crippen LogP contribution in [0.3, 0.4) is 0 Å². The summed E-state index contributed by atoms with van der Waals surface area (Å²) in [5, 5.41) is 0. The zero-order valence-corrected chi connectivity index (χ0v) is 2.83. The highest BCUT2D eigenvalue weighted by Crippen LogP contribution is 1.63. The minimum absolute atomic E-state index is 0.0694. The zero-order chi connectivity index (χ0) is 3.41. The Morgan fingerprint density at radius 3 is 2.25 bits per heavy atom. The summed E-state index contributed by atoms with van der Waals surface area (Å²) in [6, 6.07) is 0.0694. The molecule has 0 amide bonds. The smallest absolute Gasteiger partial charge is 0.142 e. The molecule has 0 radical (unpaired) electrons. The van der Waals surface area contributed by atoms with Gasteiger partial charge in [-0.15, -0.1) is 0 Å². The summed E-state index contributed by atoms with van der Waals surface area (Å²) in [6.07, 6.45) is 0. The van der Waals surface area contributed by atoms with Gasteiger partial charge in [-0.3, -0.25) is 4.84 Å². The Labute approximate surface area is 29.4 Å². The molecule has 2 N–H and O–H groups in total. The van der Waals surface area contributed by atoms with Crippen LogP contribution in [0.2, 0.25) is 0 Å². The normalized spacial score (nSPS) is 7.50. The summed E-state index contributed by atoms with van der Waals surface area (Å²) in [4.78, 5) is 3.81.